The first-order chi connectivity index (χ1) is 16.7. The van der Waals surface area contributed by atoms with Crippen molar-refractivity contribution in [2.75, 3.05) is 0 Å². The fourth-order valence-corrected chi connectivity index (χ4v) is 6.09. The Hall–Kier alpha value is -2.93. The maximum atomic E-state index is 2.47. The van der Waals surface area contributed by atoms with Gasteiger partial charge in [-0.15, -0.1) is 0 Å². The van der Waals surface area contributed by atoms with Gasteiger partial charge in [0.2, 0.25) is 5.69 Å². The quantitative estimate of drug-likeness (QED) is 0.266. The molecule has 1 saturated carbocycles. The van der Waals surface area contributed by atoms with Crippen molar-refractivity contribution in [3.63, 3.8) is 0 Å². The van der Waals surface area contributed by atoms with Crippen molar-refractivity contribution in [3.05, 3.63) is 89.6 Å². The Morgan fingerprint density at radius 2 is 1.57 bits per heavy atom. The molecule has 0 bridgehead atoms. The molecule has 0 atom stereocenters. The number of hydrogen-bond donors (Lipinski definition) is 0. The first-order valence-electron chi connectivity index (χ1n) is 13.4. The molecule has 1 nitrogen and oxygen atoms in total. The Bertz CT molecular complexity index is 1350. The Balaban J connectivity index is 1.65. The molecule has 180 valence electrons. The van der Waals surface area contributed by atoms with Gasteiger partial charge in [0, 0.05) is 6.07 Å². The maximum Gasteiger partial charge on any atom is 0.220 e. The molecule has 1 aromatic heterocycles. The molecule has 0 unspecified atom stereocenters. The first kappa shape index (κ1) is 23.8. The molecule has 0 aliphatic heterocycles. The topological polar surface area (TPSA) is 3.88 Å². The second-order valence-corrected chi connectivity index (χ2v) is 11.8. The zero-order valence-corrected chi connectivity index (χ0v) is 22.4. The van der Waals surface area contributed by atoms with Gasteiger partial charge < -0.3 is 0 Å². The van der Waals surface area contributed by atoms with Crippen LogP contribution in [-0.2, 0) is 7.05 Å². The molecule has 1 heterocycles. The fourth-order valence-electron chi connectivity index (χ4n) is 6.09. The molecule has 3 aromatic carbocycles. The van der Waals surface area contributed by atoms with Crippen LogP contribution in [0.15, 0.2) is 72.9 Å². The smallest absolute Gasteiger partial charge is 0.200 e. The molecule has 1 aliphatic carbocycles. The third kappa shape index (κ3) is 4.66. The number of rotatable bonds is 4. The third-order valence-electron chi connectivity index (χ3n) is 8.40. The van der Waals surface area contributed by atoms with Gasteiger partial charge in [-0.2, -0.15) is 0 Å². The van der Waals surface area contributed by atoms with Crippen LogP contribution >= 0.6 is 0 Å². The fraction of sp³-hybridized carbons (Fsp3) is 0.382. The van der Waals surface area contributed by atoms with Crippen LogP contribution in [0.4, 0.5) is 0 Å². The normalized spacial score (nSPS) is 16.2. The van der Waals surface area contributed by atoms with E-state index in [2.05, 4.69) is 119 Å². The Kier molecular flexibility index (Phi) is 6.30. The van der Waals surface area contributed by atoms with Crippen LogP contribution in [0.5, 0.6) is 0 Å². The highest BCUT2D eigenvalue weighted by atomic mass is 14.9. The van der Waals surface area contributed by atoms with Crippen LogP contribution in [0.25, 0.3) is 33.2 Å². The van der Waals surface area contributed by atoms with Crippen LogP contribution in [-0.4, -0.2) is 0 Å². The molecule has 0 N–H and O–H groups in total. The summed E-state index contributed by atoms with van der Waals surface area (Å²) in [6.07, 6.45) is 7.52. The van der Waals surface area contributed by atoms with Crippen LogP contribution in [0, 0.1) is 12.3 Å². The largest absolute Gasteiger partial charge is 0.220 e. The second kappa shape index (κ2) is 9.26. The van der Waals surface area contributed by atoms with Gasteiger partial charge in [-0.1, -0.05) is 76.2 Å². The summed E-state index contributed by atoms with van der Waals surface area (Å²) in [5.74, 6) is 1.17. The minimum absolute atomic E-state index is 0.472. The highest BCUT2D eigenvalue weighted by molar-refractivity contribution is 5.95. The van der Waals surface area contributed by atoms with E-state index in [1.54, 1.807) is 0 Å². The lowest BCUT2D eigenvalue weighted by Crippen LogP contribution is -2.31. The lowest BCUT2D eigenvalue weighted by atomic mass is 9.71. The van der Waals surface area contributed by atoms with Crippen molar-refractivity contribution in [2.45, 2.75) is 72.1 Å². The van der Waals surface area contributed by atoms with Gasteiger partial charge in [0.15, 0.2) is 6.20 Å². The number of nitrogens with zero attached hydrogens (tertiary/aromatic N) is 1. The van der Waals surface area contributed by atoms with E-state index in [9.17, 15) is 0 Å². The third-order valence-corrected chi connectivity index (χ3v) is 8.40. The van der Waals surface area contributed by atoms with Crippen molar-refractivity contribution in [1.82, 2.24) is 0 Å². The number of pyridine rings is 1. The summed E-state index contributed by atoms with van der Waals surface area (Å²) < 4.78 is 2.31. The molecule has 0 radical (unpaired) electrons. The van der Waals surface area contributed by atoms with Crippen LogP contribution in [0.3, 0.4) is 0 Å². The summed E-state index contributed by atoms with van der Waals surface area (Å²) in [4.78, 5) is 0. The summed E-state index contributed by atoms with van der Waals surface area (Å²) in [6.45, 7) is 11.8. The molecule has 1 fully saturated rings. The van der Waals surface area contributed by atoms with Gasteiger partial charge >= 0.3 is 0 Å². The zero-order chi connectivity index (χ0) is 24.7. The van der Waals surface area contributed by atoms with Gasteiger partial charge in [-0.05, 0) is 95.2 Å². The second-order valence-electron chi connectivity index (χ2n) is 11.8. The van der Waals surface area contributed by atoms with Crippen molar-refractivity contribution in [2.24, 2.45) is 12.5 Å². The van der Waals surface area contributed by atoms with Crippen LogP contribution in [0.1, 0.15) is 81.9 Å². The number of fused-ring (bicyclic) bond motifs is 1. The summed E-state index contributed by atoms with van der Waals surface area (Å²) in [5, 5.41) is 2.70. The molecular weight excluding hydrogens is 422 g/mol. The van der Waals surface area contributed by atoms with Crippen LogP contribution in [0.2, 0.25) is 0 Å². The molecule has 0 saturated heterocycles. The van der Waals surface area contributed by atoms with E-state index in [-0.39, 0.29) is 0 Å². The molecule has 5 rings (SSSR count). The zero-order valence-electron chi connectivity index (χ0n) is 22.4. The molecule has 0 amide bonds. The molecule has 0 spiro atoms. The Morgan fingerprint density at radius 1 is 0.857 bits per heavy atom. The van der Waals surface area contributed by atoms with E-state index in [0.29, 0.717) is 17.3 Å². The SMILES string of the molecule is Cc1c(-c2c3ccc(C4CCC(C)(C)CC4)cc3cc[n+]2C)cc(-c2ccccc2)cc1C(C)C. The summed E-state index contributed by atoms with van der Waals surface area (Å²) in [7, 11) is 2.19. The minimum Gasteiger partial charge on any atom is -0.200 e. The minimum atomic E-state index is 0.472. The summed E-state index contributed by atoms with van der Waals surface area (Å²) in [5.41, 5.74) is 10.1. The van der Waals surface area contributed by atoms with E-state index < -0.39 is 0 Å². The highest BCUT2D eigenvalue weighted by Crippen LogP contribution is 2.43. The molecule has 1 aliphatic rings. The Labute approximate surface area is 211 Å². The Morgan fingerprint density at radius 3 is 2.26 bits per heavy atom. The van der Waals surface area contributed by atoms with Crippen LogP contribution < -0.4 is 4.57 Å². The van der Waals surface area contributed by atoms with Crippen molar-refractivity contribution >= 4 is 10.8 Å². The van der Waals surface area contributed by atoms with Gasteiger partial charge in [-0.3, -0.25) is 0 Å². The van der Waals surface area contributed by atoms with E-state index in [4.69, 9.17) is 0 Å². The molecule has 35 heavy (non-hydrogen) atoms. The number of benzene rings is 3. The monoisotopic (exact) mass is 462 g/mol. The van der Waals surface area contributed by atoms with Gasteiger partial charge in [0.25, 0.3) is 0 Å². The highest BCUT2D eigenvalue weighted by Gasteiger charge is 2.28. The van der Waals surface area contributed by atoms with Gasteiger partial charge in [0.1, 0.15) is 7.05 Å². The van der Waals surface area contributed by atoms with Crippen molar-refractivity contribution < 1.29 is 4.57 Å². The predicted molar refractivity (Wildman–Crippen MR) is 150 cm³/mol. The maximum absolute atomic E-state index is 2.47. The molecule has 1 heteroatoms. The standard InChI is InChI=1S/C34H40N/c1-23(2)31-21-29(25-10-8-7-9-11-25)22-32(24(31)3)33-30-13-12-27(20-28(30)16-19-35(33)6)26-14-17-34(4,5)18-15-26/h7-13,16,19-23,26H,14-15,17-18H2,1-6H3/q+1. The number of aromatic nitrogens is 1. The first-order valence-corrected chi connectivity index (χ1v) is 13.4. The van der Waals surface area contributed by atoms with Gasteiger partial charge in [0.05, 0.1) is 10.9 Å². The average molecular weight is 463 g/mol. The summed E-state index contributed by atoms with van der Waals surface area (Å²) in [6, 6.07) is 25.2. The van der Waals surface area contributed by atoms with E-state index in [1.165, 1.54) is 75.5 Å². The van der Waals surface area contributed by atoms with Crippen molar-refractivity contribution in [1.29, 1.82) is 0 Å². The van der Waals surface area contributed by atoms with E-state index >= 15 is 0 Å². The van der Waals surface area contributed by atoms with Crippen molar-refractivity contribution in [3.8, 4) is 22.4 Å². The van der Waals surface area contributed by atoms with Gasteiger partial charge in [-0.25, -0.2) is 4.57 Å². The number of aryl methyl sites for hydroxylation is 1. The predicted octanol–water partition coefficient (Wildman–Crippen LogP) is 9.11. The molecule has 4 aromatic rings. The molecular formula is C34H40N+. The van der Waals surface area contributed by atoms with E-state index in [1.807, 2.05) is 0 Å². The lowest BCUT2D eigenvalue weighted by molar-refractivity contribution is -0.659. The summed E-state index contributed by atoms with van der Waals surface area (Å²) >= 11 is 0. The lowest BCUT2D eigenvalue weighted by Gasteiger charge is -2.34. The average Bonchev–Trinajstić information content (AvgIpc) is 2.84. The van der Waals surface area contributed by atoms with E-state index in [0.717, 1.165) is 0 Å². The number of hydrogen-bond acceptors (Lipinski definition) is 0.